The van der Waals surface area contributed by atoms with Gasteiger partial charge in [0.2, 0.25) is 0 Å². The summed E-state index contributed by atoms with van der Waals surface area (Å²) in [4.78, 5) is 0. The second-order valence-corrected chi connectivity index (χ2v) is 7.00. The maximum absolute atomic E-state index is 12.2. The Morgan fingerprint density at radius 3 is 2.57 bits per heavy atom. The van der Waals surface area contributed by atoms with Crippen LogP contribution >= 0.6 is 0 Å². The van der Waals surface area contributed by atoms with E-state index in [2.05, 4.69) is 61.6 Å². The fourth-order valence-corrected chi connectivity index (χ4v) is 3.98. The van der Waals surface area contributed by atoms with E-state index in [-0.39, 0.29) is 6.04 Å². The standard InChI is InChI=1S/C18H25NOS/c1-3-5-12-21(20)14-18(19-4-2)17-11-10-15-8-6-7-9-16(15)13-17/h6-11,13,18-19H,3-5,12,14H2,1-2H3. The molecule has 0 aliphatic carbocycles. The Morgan fingerprint density at radius 1 is 1.10 bits per heavy atom. The van der Waals surface area contributed by atoms with Crippen molar-refractivity contribution in [2.45, 2.75) is 32.7 Å². The summed E-state index contributed by atoms with van der Waals surface area (Å²) in [5.41, 5.74) is 1.24. The van der Waals surface area contributed by atoms with Crippen molar-refractivity contribution in [3.05, 3.63) is 48.0 Å². The zero-order valence-electron chi connectivity index (χ0n) is 13.0. The molecule has 2 nitrogen and oxygen atoms in total. The molecule has 0 bridgehead atoms. The summed E-state index contributed by atoms with van der Waals surface area (Å²) in [5.74, 6) is 1.51. The molecular weight excluding hydrogens is 278 g/mol. The lowest BCUT2D eigenvalue weighted by Crippen LogP contribution is -2.26. The van der Waals surface area contributed by atoms with Gasteiger partial charge in [0.1, 0.15) is 0 Å². The van der Waals surface area contributed by atoms with Gasteiger partial charge in [0.15, 0.2) is 0 Å². The smallest absolute Gasteiger partial charge is 0.0436 e. The van der Waals surface area contributed by atoms with E-state index in [0.717, 1.165) is 25.1 Å². The molecule has 0 aromatic heterocycles. The molecule has 0 aliphatic rings. The predicted molar refractivity (Wildman–Crippen MR) is 93.2 cm³/mol. The molecule has 2 rings (SSSR count). The number of rotatable bonds is 8. The van der Waals surface area contributed by atoms with E-state index in [4.69, 9.17) is 0 Å². The van der Waals surface area contributed by atoms with Crippen molar-refractivity contribution in [3.63, 3.8) is 0 Å². The summed E-state index contributed by atoms with van der Waals surface area (Å²) in [7, 11) is -0.748. The van der Waals surface area contributed by atoms with Crippen LogP contribution in [-0.2, 0) is 10.8 Å². The van der Waals surface area contributed by atoms with Gasteiger partial charge in [-0.05, 0) is 35.4 Å². The summed E-state index contributed by atoms with van der Waals surface area (Å²) in [6.45, 7) is 5.13. The van der Waals surface area contributed by atoms with Gasteiger partial charge >= 0.3 is 0 Å². The predicted octanol–water partition coefficient (Wildman–Crippen LogP) is 4.04. The first-order valence-corrected chi connectivity index (χ1v) is 9.30. The average molecular weight is 303 g/mol. The van der Waals surface area contributed by atoms with Crippen LogP contribution in [0.1, 0.15) is 38.3 Å². The van der Waals surface area contributed by atoms with E-state index in [0.29, 0.717) is 5.75 Å². The Kier molecular flexibility index (Phi) is 6.40. The summed E-state index contributed by atoms with van der Waals surface area (Å²) >= 11 is 0. The Morgan fingerprint density at radius 2 is 1.86 bits per heavy atom. The van der Waals surface area contributed by atoms with Crippen molar-refractivity contribution >= 4 is 21.6 Å². The van der Waals surface area contributed by atoms with Gasteiger partial charge in [-0.2, -0.15) is 0 Å². The molecule has 0 fully saturated rings. The first-order valence-electron chi connectivity index (χ1n) is 7.81. The zero-order chi connectivity index (χ0) is 15.1. The van der Waals surface area contributed by atoms with Crippen LogP contribution in [0.3, 0.4) is 0 Å². The van der Waals surface area contributed by atoms with Crippen LogP contribution in [0.15, 0.2) is 42.5 Å². The molecule has 0 saturated heterocycles. The van der Waals surface area contributed by atoms with Crippen LogP contribution in [0.4, 0.5) is 0 Å². The molecule has 0 aliphatic heterocycles. The number of unbranched alkanes of at least 4 members (excludes halogenated alkanes) is 1. The van der Waals surface area contributed by atoms with Crippen molar-refractivity contribution in [2.75, 3.05) is 18.1 Å². The van der Waals surface area contributed by atoms with Gasteiger partial charge in [0.25, 0.3) is 0 Å². The summed E-state index contributed by atoms with van der Waals surface area (Å²) in [6.07, 6.45) is 2.15. The van der Waals surface area contributed by atoms with Crippen LogP contribution in [0.5, 0.6) is 0 Å². The highest BCUT2D eigenvalue weighted by molar-refractivity contribution is 7.85. The summed E-state index contributed by atoms with van der Waals surface area (Å²) in [6, 6.07) is 15.1. The van der Waals surface area contributed by atoms with Gasteiger partial charge in [0, 0.05) is 28.3 Å². The van der Waals surface area contributed by atoms with Gasteiger partial charge in [0.05, 0.1) is 0 Å². The van der Waals surface area contributed by atoms with Crippen molar-refractivity contribution in [2.24, 2.45) is 0 Å². The largest absolute Gasteiger partial charge is 0.309 e. The third kappa shape index (κ3) is 4.65. The number of hydrogen-bond donors (Lipinski definition) is 1. The first kappa shape index (κ1) is 16.2. The second kappa shape index (κ2) is 8.30. The Labute approximate surface area is 130 Å². The van der Waals surface area contributed by atoms with Gasteiger partial charge in [-0.3, -0.25) is 4.21 Å². The molecule has 0 saturated carbocycles. The molecule has 21 heavy (non-hydrogen) atoms. The highest BCUT2D eigenvalue weighted by Gasteiger charge is 2.14. The monoisotopic (exact) mass is 303 g/mol. The summed E-state index contributed by atoms with van der Waals surface area (Å²) < 4.78 is 12.2. The van der Waals surface area contributed by atoms with Crippen molar-refractivity contribution in [3.8, 4) is 0 Å². The van der Waals surface area contributed by atoms with Crippen molar-refractivity contribution in [1.29, 1.82) is 0 Å². The van der Waals surface area contributed by atoms with Crippen LogP contribution in [0.2, 0.25) is 0 Å². The average Bonchev–Trinajstić information content (AvgIpc) is 2.52. The fourth-order valence-electron chi connectivity index (χ4n) is 2.52. The third-order valence-corrected chi connectivity index (χ3v) is 5.15. The quantitative estimate of drug-likeness (QED) is 0.797. The fraction of sp³-hybridized carbons (Fsp3) is 0.444. The molecule has 0 heterocycles. The molecule has 0 amide bonds. The minimum absolute atomic E-state index is 0.178. The number of benzene rings is 2. The molecule has 3 heteroatoms. The lowest BCUT2D eigenvalue weighted by Gasteiger charge is -2.18. The number of nitrogens with one attached hydrogen (secondary N) is 1. The number of fused-ring (bicyclic) bond motifs is 1. The van der Waals surface area contributed by atoms with Gasteiger partial charge < -0.3 is 5.32 Å². The highest BCUT2D eigenvalue weighted by Crippen LogP contribution is 2.21. The van der Waals surface area contributed by atoms with E-state index in [1.165, 1.54) is 16.3 Å². The van der Waals surface area contributed by atoms with Crippen molar-refractivity contribution < 1.29 is 4.21 Å². The van der Waals surface area contributed by atoms with Gasteiger partial charge in [-0.1, -0.05) is 56.7 Å². The minimum atomic E-state index is -0.748. The molecule has 2 aromatic rings. The number of hydrogen-bond acceptors (Lipinski definition) is 2. The normalized spacial score (nSPS) is 14.2. The first-order chi connectivity index (χ1) is 10.2. The zero-order valence-corrected chi connectivity index (χ0v) is 13.8. The van der Waals surface area contributed by atoms with E-state index in [1.807, 2.05) is 0 Å². The van der Waals surface area contributed by atoms with Gasteiger partial charge in [-0.25, -0.2) is 0 Å². The minimum Gasteiger partial charge on any atom is -0.309 e. The van der Waals surface area contributed by atoms with E-state index in [9.17, 15) is 4.21 Å². The Bertz CT molecular complexity index is 597. The topological polar surface area (TPSA) is 29.1 Å². The van der Waals surface area contributed by atoms with Crippen LogP contribution < -0.4 is 5.32 Å². The lowest BCUT2D eigenvalue weighted by atomic mass is 10.0. The Hall–Kier alpha value is -1.19. The highest BCUT2D eigenvalue weighted by atomic mass is 32.2. The van der Waals surface area contributed by atoms with E-state index >= 15 is 0 Å². The van der Waals surface area contributed by atoms with Crippen LogP contribution in [0, 0.1) is 0 Å². The maximum atomic E-state index is 12.2. The lowest BCUT2D eigenvalue weighted by molar-refractivity contribution is 0.594. The maximum Gasteiger partial charge on any atom is 0.0436 e. The molecule has 2 atom stereocenters. The van der Waals surface area contributed by atoms with Gasteiger partial charge in [-0.15, -0.1) is 0 Å². The second-order valence-electron chi connectivity index (χ2n) is 5.38. The third-order valence-electron chi connectivity index (χ3n) is 3.70. The molecule has 2 unspecified atom stereocenters. The Balaban J connectivity index is 2.17. The van der Waals surface area contributed by atoms with E-state index in [1.54, 1.807) is 0 Å². The summed E-state index contributed by atoms with van der Waals surface area (Å²) in [5, 5.41) is 5.98. The molecule has 114 valence electrons. The molecule has 2 aromatic carbocycles. The van der Waals surface area contributed by atoms with Crippen LogP contribution in [0.25, 0.3) is 10.8 Å². The van der Waals surface area contributed by atoms with Crippen molar-refractivity contribution in [1.82, 2.24) is 5.32 Å². The molecule has 0 radical (unpaired) electrons. The molecule has 1 N–H and O–H groups in total. The SMILES string of the molecule is CCCCS(=O)CC(NCC)c1ccc2ccccc2c1. The molecule has 0 spiro atoms. The van der Waals surface area contributed by atoms with E-state index < -0.39 is 10.8 Å². The molecular formula is C18H25NOS. The van der Waals surface area contributed by atoms with Crippen LogP contribution in [-0.4, -0.2) is 22.3 Å².